The summed E-state index contributed by atoms with van der Waals surface area (Å²) in [5.41, 5.74) is 0.928. The number of rotatable bonds is 4. The van der Waals surface area contributed by atoms with Gasteiger partial charge in [-0.1, -0.05) is 12.1 Å². The Labute approximate surface area is 137 Å². The van der Waals surface area contributed by atoms with Crippen LogP contribution in [0.15, 0.2) is 24.3 Å². The van der Waals surface area contributed by atoms with Crippen molar-refractivity contribution in [2.24, 2.45) is 0 Å². The first-order valence-corrected chi connectivity index (χ1v) is 8.02. The molecule has 1 fully saturated rings. The lowest BCUT2D eigenvalue weighted by Crippen LogP contribution is -2.43. The van der Waals surface area contributed by atoms with Crippen molar-refractivity contribution in [1.82, 2.24) is 4.90 Å². The van der Waals surface area contributed by atoms with Crippen LogP contribution in [0.5, 0.6) is 0 Å². The summed E-state index contributed by atoms with van der Waals surface area (Å²) in [6, 6.07) is 6.48. The van der Waals surface area contributed by atoms with Gasteiger partial charge in [-0.3, -0.25) is 4.79 Å². The predicted octanol–water partition coefficient (Wildman–Crippen LogP) is 2.73. The van der Waals surface area contributed by atoms with E-state index in [-0.39, 0.29) is 23.2 Å². The molecule has 5 nitrogen and oxygen atoms in total. The maximum Gasteiger partial charge on any atom is 0.335 e. The van der Waals surface area contributed by atoms with E-state index in [1.54, 1.807) is 12.1 Å². The van der Waals surface area contributed by atoms with E-state index < -0.39 is 5.97 Å². The number of aromatic carboxylic acids is 1. The zero-order valence-corrected chi connectivity index (χ0v) is 14.0. The van der Waals surface area contributed by atoms with Crippen molar-refractivity contribution >= 4 is 11.9 Å². The number of carbonyl (C=O) groups is 2. The van der Waals surface area contributed by atoms with Gasteiger partial charge < -0.3 is 14.7 Å². The van der Waals surface area contributed by atoms with Crippen molar-refractivity contribution in [1.29, 1.82) is 0 Å². The molecule has 1 saturated heterocycles. The van der Waals surface area contributed by atoms with Crippen molar-refractivity contribution < 1.29 is 19.4 Å². The number of nitrogens with zero attached hydrogens (tertiary/aromatic N) is 1. The second-order valence-electron chi connectivity index (χ2n) is 6.99. The van der Waals surface area contributed by atoms with Crippen molar-refractivity contribution in [3.63, 3.8) is 0 Å². The van der Waals surface area contributed by atoms with Gasteiger partial charge in [0, 0.05) is 13.1 Å². The van der Waals surface area contributed by atoms with E-state index in [1.807, 2.05) is 25.7 Å². The van der Waals surface area contributed by atoms with Crippen LogP contribution in [0.1, 0.15) is 49.5 Å². The summed E-state index contributed by atoms with van der Waals surface area (Å²) in [7, 11) is 0. The van der Waals surface area contributed by atoms with E-state index >= 15 is 0 Å². The van der Waals surface area contributed by atoms with Gasteiger partial charge in [-0.15, -0.1) is 0 Å². The average Bonchev–Trinajstić information content (AvgIpc) is 2.46. The Morgan fingerprint density at radius 3 is 2.22 bits per heavy atom. The molecule has 0 atom stereocenters. The zero-order chi connectivity index (χ0) is 17.0. The molecule has 1 aliphatic rings. The molecule has 23 heavy (non-hydrogen) atoms. The molecular formula is C18H25NO4. The lowest BCUT2D eigenvalue weighted by Gasteiger charge is -2.35. The van der Waals surface area contributed by atoms with E-state index in [2.05, 4.69) is 0 Å². The largest absolute Gasteiger partial charge is 0.478 e. The summed E-state index contributed by atoms with van der Waals surface area (Å²) in [4.78, 5) is 25.0. The Hall–Kier alpha value is -1.88. The van der Waals surface area contributed by atoms with Gasteiger partial charge >= 0.3 is 5.97 Å². The van der Waals surface area contributed by atoms with E-state index in [9.17, 15) is 9.59 Å². The second-order valence-corrected chi connectivity index (χ2v) is 6.99. The summed E-state index contributed by atoms with van der Waals surface area (Å²) in [6.07, 6.45) is 2.25. The molecule has 1 N–H and O–H groups in total. The average molecular weight is 319 g/mol. The summed E-state index contributed by atoms with van der Waals surface area (Å²) < 4.78 is 5.97. The Morgan fingerprint density at radius 1 is 1.17 bits per heavy atom. The third kappa shape index (κ3) is 5.36. The quantitative estimate of drug-likeness (QED) is 0.926. The summed E-state index contributed by atoms with van der Waals surface area (Å²) in [5, 5.41) is 8.88. The number of amides is 1. The van der Waals surface area contributed by atoms with Gasteiger partial charge in [0.1, 0.15) is 0 Å². The van der Waals surface area contributed by atoms with Crippen LogP contribution in [0.2, 0.25) is 0 Å². The SMILES string of the molecule is CC(C)(C)OC1CCN(C(=O)Cc2ccc(C(=O)O)cc2)CC1. The highest BCUT2D eigenvalue weighted by molar-refractivity contribution is 5.87. The molecule has 1 aromatic carbocycles. The van der Waals surface area contributed by atoms with E-state index in [0.29, 0.717) is 19.5 Å². The van der Waals surface area contributed by atoms with E-state index in [1.165, 1.54) is 12.1 Å². The molecule has 2 rings (SSSR count). The van der Waals surface area contributed by atoms with Gasteiger partial charge in [0.2, 0.25) is 5.91 Å². The first kappa shape index (κ1) is 17.5. The molecule has 0 bridgehead atoms. The summed E-state index contributed by atoms with van der Waals surface area (Å²) in [6.45, 7) is 7.57. The minimum atomic E-state index is -0.955. The molecule has 1 aliphatic heterocycles. The first-order chi connectivity index (χ1) is 10.7. The molecule has 5 heteroatoms. The van der Waals surface area contributed by atoms with Gasteiger partial charge in [-0.2, -0.15) is 0 Å². The van der Waals surface area contributed by atoms with Crippen LogP contribution in [0.25, 0.3) is 0 Å². The van der Waals surface area contributed by atoms with Gasteiger partial charge in [0.25, 0.3) is 0 Å². The highest BCUT2D eigenvalue weighted by Crippen LogP contribution is 2.20. The van der Waals surface area contributed by atoms with E-state index in [4.69, 9.17) is 9.84 Å². The van der Waals surface area contributed by atoms with Gasteiger partial charge in [0.15, 0.2) is 0 Å². The maximum atomic E-state index is 12.3. The Kier molecular flexibility index (Phi) is 5.42. The van der Waals surface area contributed by atoms with Crippen molar-refractivity contribution in [3.05, 3.63) is 35.4 Å². The second kappa shape index (κ2) is 7.13. The van der Waals surface area contributed by atoms with Crippen LogP contribution in [0.3, 0.4) is 0 Å². The minimum Gasteiger partial charge on any atom is -0.478 e. The highest BCUT2D eigenvalue weighted by atomic mass is 16.5. The van der Waals surface area contributed by atoms with Crippen molar-refractivity contribution in [2.45, 2.75) is 51.7 Å². The number of hydrogen-bond donors (Lipinski definition) is 1. The normalized spacial score (nSPS) is 16.4. The fraction of sp³-hybridized carbons (Fsp3) is 0.556. The van der Waals surface area contributed by atoms with Crippen molar-refractivity contribution in [2.75, 3.05) is 13.1 Å². The fourth-order valence-electron chi connectivity index (χ4n) is 2.77. The molecule has 0 aliphatic carbocycles. The predicted molar refractivity (Wildman–Crippen MR) is 87.5 cm³/mol. The molecule has 126 valence electrons. The molecule has 0 aromatic heterocycles. The highest BCUT2D eigenvalue weighted by Gasteiger charge is 2.26. The van der Waals surface area contributed by atoms with Crippen molar-refractivity contribution in [3.8, 4) is 0 Å². The molecule has 1 amide bonds. The number of carbonyl (C=O) groups excluding carboxylic acids is 1. The number of likely N-dealkylation sites (tertiary alicyclic amines) is 1. The standard InChI is InChI=1S/C18H25NO4/c1-18(2,3)23-15-8-10-19(11-9-15)16(20)12-13-4-6-14(7-5-13)17(21)22/h4-7,15H,8-12H2,1-3H3,(H,21,22). The molecule has 1 aromatic rings. The van der Waals surface area contributed by atoms with Crippen LogP contribution in [0, 0.1) is 0 Å². The number of piperidine rings is 1. The topological polar surface area (TPSA) is 66.8 Å². The molecule has 0 radical (unpaired) electrons. The Morgan fingerprint density at radius 2 is 1.74 bits per heavy atom. The van der Waals surface area contributed by atoms with Crippen LogP contribution < -0.4 is 0 Å². The summed E-state index contributed by atoms with van der Waals surface area (Å²) in [5.74, 6) is -0.869. The third-order valence-corrected chi connectivity index (χ3v) is 3.87. The first-order valence-electron chi connectivity index (χ1n) is 8.02. The molecular weight excluding hydrogens is 294 g/mol. The smallest absolute Gasteiger partial charge is 0.335 e. The van der Waals surface area contributed by atoms with Crippen LogP contribution in [-0.2, 0) is 16.0 Å². The van der Waals surface area contributed by atoms with Crippen LogP contribution in [0.4, 0.5) is 0 Å². The van der Waals surface area contributed by atoms with E-state index in [0.717, 1.165) is 18.4 Å². The number of carboxylic acids is 1. The number of hydrogen-bond acceptors (Lipinski definition) is 3. The third-order valence-electron chi connectivity index (χ3n) is 3.87. The minimum absolute atomic E-state index is 0.0854. The fourth-order valence-corrected chi connectivity index (χ4v) is 2.77. The Bertz CT molecular complexity index is 551. The number of ether oxygens (including phenoxy) is 1. The van der Waals surface area contributed by atoms with Gasteiger partial charge in [0.05, 0.1) is 23.7 Å². The summed E-state index contributed by atoms with van der Waals surface area (Å²) >= 11 is 0. The molecule has 0 saturated carbocycles. The maximum absolute atomic E-state index is 12.3. The Balaban J connectivity index is 1.84. The lowest BCUT2D eigenvalue weighted by molar-refractivity contribution is -0.135. The molecule has 0 spiro atoms. The monoisotopic (exact) mass is 319 g/mol. The lowest BCUT2D eigenvalue weighted by atomic mass is 10.0. The molecule has 1 heterocycles. The zero-order valence-electron chi connectivity index (χ0n) is 14.0. The van der Waals surface area contributed by atoms with Gasteiger partial charge in [-0.05, 0) is 51.3 Å². The van der Waals surface area contributed by atoms with Gasteiger partial charge in [-0.25, -0.2) is 4.79 Å². The van der Waals surface area contributed by atoms with Crippen LogP contribution >= 0.6 is 0 Å². The number of carboxylic acid groups (broad SMARTS) is 1. The molecule has 0 unspecified atom stereocenters. The number of benzene rings is 1. The van der Waals surface area contributed by atoms with Crippen LogP contribution in [-0.4, -0.2) is 46.7 Å².